The van der Waals surface area contributed by atoms with Gasteiger partial charge in [-0.25, -0.2) is 9.59 Å². The van der Waals surface area contributed by atoms with E-state index in [4.69, 9.17) is 14.9 Å². The van der Waals surface area contributed by atoms with E-state index in [1.54, 1.807) is 0 Å². The van der Waals surface area contributed by atoms with E-state index in [1.807, 2.05) is 48.5 Å². The van der Waals surface area contributed by atoms with Crippen LogP contribution < -0.4 is 0 Å². The lowest BCUT2D eigenvalue weighted by Gasteiger charge is -2.16. The van der Waals surface area contributed by atoms with Crippen molar-refractivity contribution in [1.82, 2.24) is 4.90 Å². The molecule has 0 saturated carbocycles. The average Bonchev–Trinajstić information content (AvgIpc) is 3.05. The summed E-state index contributed by atoms with van der Waals surface area (Å²) in [7, 11) is 0. The Balaban J connectivity index is 1.66. The van der Waals surface area contributed by atoms with Gasteiger partial charge in [-0.05, 0) is 34.9 Å². The molecule has 1 saturated heterocycles. The van der Waals surface area contributed by atoms with Gasteiger partial charge in [0.25, 0.3) is 0 Å². The maximum atomic E-state index is 11.2. The second kappa shape index (κ2) is 7.88. The van der Waals surface area contributed by atoms with Gasteiger partial charge in [-0.15, -0.1) is 0 Å². The first-order chi connectivity index (χ1) is 12.4. The molecule has 0 spiro atoms. The molecule has 0 radical (unpaired) electrons. The van der Waals surface area contributed by atoms with Crippen LogP contribution >= 0.6 is 15.9 Å². The normalized spacial score (nSPS) is 19.5. The van der Waals surface area contributed by atoms with Gasteiger partial charge < -0.3 is 14.9 Å². The highest BCUT2D eigenvalue weighted by molar-refractivity contribution is 9.10. The van der Waals surface area contributed by atoms with Gasteiger partial charge in [-0.2, -0.15) is 0 Å². The number of carboxylic acids is 1. The molecule has 7 heteroatoms. The quantitative estimate of drug-likeness (QED) is 0.768. The molecule has 0 bridgehead atoms. The van der Waals surface area contributed by atoms with Crippen molar-refractivity contribution in [3.05, 3.63) is 58.6 Å². The molecule has 2 N–H and O–H groups in total. The second-order valence-electron chi connectivity index (χ2n) is 6.17. The standard InChI is InChI=1S/C19H18BrNO5/c20-15-6-2-5-14(8-15)13-4-1-3-12(7-13)11-26-16-9-17(18(22)23)21(10-16)19(24)25/h1-8,16-17H,9-11H2,(H,22,23)(H,24,25)/t16-,17+/m1/s1. The van der Waals surface area contributed by atoms with E-state index in [0.717, 1.165) is 26.1 Å². The molecule has 1 aliphatic rings. The monoisotopic (exact) mass is 419 g/mol. The second-order valence-corrected chi connectivity index (χ2v) is 7.08. The lowest BCUT2D eigenvalue weighted by molar-refractivity contribution is -0.141. The third-order valence-corrected chi connectivity index (χ3v) is 4.86. The van der Waals surface area contributed by atoms with Crippen molar-refractivity contribution in [1.29, 1.82) is 0 Å². The highest BCUT2D eigenvalue weighted by Crippen LogP contribution is 2.25. The number of likely N-dealkylation sites (tertiary alicyclic amines) is 1. The molecule has 6 nitrogen and oxygen atoms in total. The Morgan fingerprint density at radius 1 is 1.12 bits per heavy atom. The predicted molar refractivity (Wildman–Crippen MR) is 98.9 cm³/mol. The van der Waals surface area contributed by atoms with Gasteiger partial charge >= 0.3 is 12.1 Å². The van der Waals surface area contributed by atoms with Gasteiger partial charge in [-0.3, -0.25) is 4.90 Å². The maximum absolute atomic E-state index is 11.2. The van der Waals surface area contributed by atoms with Gasteiger partial charge in [0.2, 0.25) is 0 Å². The van der Waals surface area contributed by atoms with Crippen molar-refractivity contribution in [2.24, 2.45) is 0 Å². The zero-order valence-corrected chi connectivity index (χ0v) is 15.4. The van der Waals surface area contributed by atoms with Crippen LogP contribution in [0.5, 0.6) is 0 Å². The van der Waals surface area contributed by atoms with Crippen LogP contribution in [0.25, 0.3) is 11.1 Å². The van der Waals surface area contributed by atoms with E-state index in [1.165, 1.54) is 0 Å². The Kier molecular flexibility index (Phi) is 5.58. The number of hydrogen-bond donors (Lipinski definition) is 2. The first-order valence-electron chi connectivity index (χ1n) is 8.13. The number of ether oxygens (including phenoxy) is 1. The third kappa shape index (κ3) is 4.23. The van der Waals surface area contributed by atoms with Crippen LogP contribution in [-0.2, 0) is 16.1 Å². The zero-order chi connectivity index (χ0) is 18.7. The Morgan fingerprint density at radius 2 is 1.81 bits per heavy atom. The molecule has 2 aromatic rings. The van der Waals surface area contributed by atoms with E-state index < -0.39 is 24.2 Å². The zero-order valence-electron chi connectivity index (χ0n) is 13.8. The molecule has 0 aromatic heterocycles. The lowest BCUT2D eigenvalue weighted by atomic mass is 10.0. The third-order valence-electron chi connectivity index (χ3n) is 4.36. The van der Waals surface area contributed by atoms with E-state index in [2.05, 4.69) is 15.9 Å². The molecule has 26 heavy (non-hydrogen) atoms. The lowest BCUT2D eigenvalue weighted by Crippen LogP contribution is -2.39. The van der Waals surface area contributed by atoms with Gasteiger partial charge in [0.15, 0.2) is 0 Å². The van der Waals surface area contributed by atoms with Crippen LogP contribution in [0.2, 0.25) is 0 Å². The summed E-state index contributed by atoms with van der Waals surface area (Å²) in [6.45, 7) is 0.365. The summed E-state index contributed by atoms with van der Waals surface area (Å²) in [5.74, 6) is -1.14. The van der Waals surface area contributed by atoms with E-state index >= 15 is 0 Å². The summed E-state index contributed by atoms with van der Waals surface area (Å²) in [5, 5.41) is 18.3. The number of carboxylic acid groups (broad SMARTS) is 2. The minimum atomic E-state index is -1.24. The fourth-order valence-electron chi connectivity index (χ4n) is 3.09. The molecule has 1 fully saturated rings. The number of nitrogens with zero attached hydrogens (tertiary/aromatic N) is 1. The highest BCUT2D eigenvalue weighted by Gasteiger charge is 2.40. The average molecular weight is 420 g/mol. The van der Waals surface area contributed by atoms with Crippen molar-refractivity contribution in [3.8, 4) is 11.1 Å². The molecule has 0 unspecified atom stereocenters. The SMILES string of the molecule is O=C(O)[C@@H]1C[C@@H](OCc2cccc(-c3cccc(Br)c3)c2)CN1C(=O)O. The van der Waals surface area contributed by atoms with E-state index in [0.29, 0.717) is 6.61 Å². The molecule has 0 aliphatic carbocycles. The summed E-state index contributed by atoms with van der Waals surface area (Å²) in [5.41, 5.74) is 3.07. The van der Waals surface area contributed by atoms with Crippen molar-refractivity contribution < 1.29 is 24.5 Å². The van der Waals surface area contributed by atoms with Crippen molar-refractivity contribution >= 4 is 28.0 Å². The minimum absolute atomic E-state index is 0.0671. The molecule has 1 aliphatic heterocycles. The molecule has 1 heterocycles. The Morgan fingerprint density at radius 3 is 2.42 bits per heavy atom. The van der Waals surface area contributed by atoms with Crippen LogP contribution in [0.3, 0.4) is 0 Å². The number of aliphatic carboxylic acids is 1. The topological polar surface area (TPSA) is 87.1 Å². The van der Waals surface area contributed by atoms with Gasteiger partial charge in [-0.1, -0.05) is 46.3 Å². The molecular weight excluding hydrogens is 402 g/mol. The number of amides is 1. The summed E-state index contributed by atoms with van der Waals surface area (Å²) >= 11 is 3.46. The molecule has 1 amide bonds. The molecule has 3 rings (SSSR count). The van der Waals surface area contributed by atoms with E-state index in [-0.39, 0.29) is 13.0 Å². The number of rotatable bonds is 5. The van der Waals surface area contributed by atoms with Crippen LogP contribution in [-0.4, -0.2) is 45.9 Å². The van der Waals surface area contributed by atoms with Crippen molar-refractivity contribution in [3.63, 3.8) is 0 Å². The van der Waals surface area contributed by atoms with E-state index in [9.17, 15) is 9.59 Å². The largest absolute Gasteiger partial charge is 0.480 e. The summed E-state index contributed by atoms with van der Waals surface area (Å²) < 4.78 is 6.78. The number of carbonyl (C=O) groups is 2. The summed E-state index contributed by atoms with van der Waals surface area (Å²) in [4.78, 5) is 23.3. The fourth-order valence-corrected chi connectivity index (χ4v) is 3.49. The first kappa shape index (κ1) is 18.4. The number of halogens is 1. The van der Waals surface area contributed by atoms with Crippen molar-refractivity contribution in [2.75, 3.05) is 6.54 Å². The van der Waals surface area contributed by atoms with Crippen LogP contribution in [0.1, 0.15) is 12.0 Å². The first-order valence-corrected chi connectivity index (χ1v) is 8.92. The Labute approximate surface area is 159 Å². The minimum Gasteiger partial charge on any atom is -0.480 e. The molecule has 2 atom stereocenters. The van der Waals surface area contributed by atoms with Gasteiger partial charge in [0.1, 0.15) is 6.04 Å². The van der Waals surface area contributed by atoms with Crippen LogP contribution in [0.4, 0.5) is 4.79 Å². The van der Waals surface area contributed by atoms with Gasteiger partial charge in [0, 0.05) is 10.9 Å². The summed E-state index contributed by atoms with van der Waals surface area (Å²) in [6, 6.07) is 14.8. The Bertz CT molecular complexity index is 803. The predicted octanol–water partition coefficient (Wildman–Crippen LogP) is 3.84. The molecule has 136 valence electrons. The number of benzene rings is 2. The maximum Gasteiger partial charge on any atom is 0.408 e. The molecule has 2 aromatic carbocycles. The van der Waals surface area contributed by atoms with Crippen molar-refractivity contribution in [2.45, 2.75) is 25.2 Å². The van der Waals surface area contributed by atoms with Crippen LogP contribution in [0, 0.1) is 0 Å². The highest BCUT2D eigenvalue weighted by atomic mass is 79.9. The molecular formula is C19H18BrNO5. The number of hydrogen-bond acceptors (Lipinski definition) is 3. The summed E-state index contributed by atoms with van der Waals surface area (Å²) in [6.07, 6.45) is -1.51. The fraction of sp³-hybridized carbons (Fsp3) is 0.263. The smallest absolute Gasteiger partial charge is 0.408 e. The van der Waals surface area contributed by atoms with Crippen LogP contribution in [0.15, 0.2) is 53.0 Å². The van der Waals surface area contributed by atoms with Gasteiger partial charge in [0.05, 0.1) is 19.3 Å². The Hall–Kier alpha value is -2.38.